The van der Waals surface area contributed by atoms with Gasteiger partial charge in [-0.25, -0.2) is 0 Å². The molecule has 1 saturated heterocycles. The van der Waals surface area contributed by atoms with Crippen molar-refractivity contribution in [1.82, 2.24) is 10.2 Å². The average molecular weight is 525 g/mol. The summed E-state index contributed by atoms with van der Waals surface area (Å²) in [6, 6.07) is 12.4. The van der Waals surface area contributed by atoms with E-state index < -0.39 is 0 Å². The number of methoxy groups -OCH3 is 2. The van der Waals surface area contributed by atoms with Crippen molar-refractivity contribution in [2.75, 3.05) is 41.0 Å². The fourth-order valence-corrected chi connectivity index (χ4v) is 3.82. The van der Waals surface area contributed by atoms with Gasteiger partial charge in [-0.3, -0.25) is 4.99 Å². The van der Waals surface area contributed by atoms with Crippen molar-refractivity contribution in [3.63, 3.8) is 0 Å². The number of benzene rings is 2. The molecule has 1 aliphatic rings. The van der Waals surface area contributed by atoms with Crippen LogP contribution < -0.4 is 14.8 Å². The highest BCUT2D eigenvalue weighted by Gasteiger charge is 2.25. The molecule has 7 heteroatoms. The number of ether oxygens (including phenoxy) is 3. The third-order valence-corrected chi connectivity index (χ3v) is 5.27. The summed E-state index contributed by atoms with van der Waals surface area (Å²) in [5.41, 5.74) is 4.79. The van der Waals surface area contributed by atoms with Crippen molar-refractivity contribution in [1.29, 1.82) is 0 Å². The SMILES string of the molecule is CN=C(NCc1cccc(OC)c1OC)N1CCOC(c2ccc(C)cc2C)C1.I. The van der Waals surface area contributed by atoms with Crippen LogP contribution in [0, 0.1) is 13.8 Å². The maximum atomic E-state index is 6.08. The number of aliphatic imine (C=N–C) groups is 1. The van der Waals surface area contributed by atoms with Crippen LogP contribution in [-0.2, 0) is 11.3 Å². The van der Waals surface area contributed by atoms with E-state index in [0.29, 0.717) is 13.2 Å². The Labute approximate surface area is 196 Å². The van der Waals surface area contributed by atoms with E-state index in [-0.39, 0.29) is 30.1 Å². The molecule has 0 amide bonds. The molecule has 2 aromatic rings. The maximum absolute atomic E-state index is 6.08. The van der Waals surface area contributed by atoms with E-state index in [4.69, 9.17) is 14.2 Å². The first kappa shape index (κ1) is 24.3. The van der Waals surface area contributed by atoms with Gasteiger partial charge < -0.3 is 24.4 Å². The topological polar surface area (TPSA) is 55.3 Å². The molecule has 2 aromatic carbocycles. The summed E-state index contributed by atoms with van der Waals surface area (Å²) in [7, 11) is 5.12. The minimum Gasteiger partial charge on any atom is -0.493 e. The number of guanidine groups is 1. The second-order valence-corrected chi connectivity index (χ2v) is 7.22. The van der Waals surface area contributed by atoms with Gasteiger partial charge in [0.15, 0.2) is 17.5 Å². The van der Waals surface area contributed by atoms with Crippen molar-refractivity contribution in [2.24, 2.45) is 4.99 Å². The molecule has 0 spiro atoms. The van der Waals surface area contributed by atoms with Crippen LogP contribution >= 0.6 is 24.0 Å². The highest BCUT2D eigenvalue weighted by atomic mass is 127. The first-order chi connectivity index (χ1) is 14.1. The van der Waals surface area contributed by atoms with E-state index in [1.165, 1.54) is 16.7 Å². The lowest BCUT2D eigenvalue weighted by Gasteiger charge is -2.36. The highest BCUT2D eigenvalue weighted by Crippen LogP contribution is 2.30. The van der Waals surface area contributed by atoms with Crippen molar-refractivity contribution in [2.45, 2.75) is 26.5 Å². The molecule has 164 valence electrons. The third-order valence-electron chi connectivity index (χ3n) is 5.27. The Morgan fingerprint density at radius 3 is 2.67 bits per heavy atom. The molecule has 1 fully saturated rings. The van der Waals surface area contributed by atoms with Crippen LogP contribution in [-0.4, -0.2) is 51.8 Å². The number of aryl methyl sites for hydroxylation is 2. The molecule has 1 N–H and O–H groups in total. The largest absolute Gasteiger partial charge is 0.493 e. The second kappa shape index (κ2) is 11.4. The van der Waals surface area contributed by atoms with Crippen LogP contribution in [0.3, 0.4) is 0 Å². The van der Waals surface area contributed by atoms with Gasteiger partial charge in [0.1, 0.15) is 6.10 Å². The van der Waals surface area contributed by atoms with Crippen LogP contribution in [0.25, 0.3) is 0 Å². The molecule has 0 saturated carbocycles. The van der Waals surface area contributed by atoms with Gasteiger partial charge in [-0.2, -0.15) is 0 Å². The van der Waals surface area contributed by atoms with Crippen LogP contribution in [0.2, 0.25) is 0 Å². The molecule has 0 bridgehead atoms. The maximum Gasteiger partial charge on any atom is 0.194 e. The first-order valence-electron chi connectivity index (χ1n) is 9.91. The summed E-state index contributed by atoms with van der Waals surface area (Å²) in [5.74, 6) is 2.32. The Morgan fingerprint density at radius 2 is 2.00 bits per heavy atom. The Bertz CT molecular complexity index is 873. The molecular weight excluding hydrogens is 493 g/mol. The van der Waals surface area contributed by atoms with Crippen molar-refractivity contribution in [3.8, 4) is 11.5 Å². The zero-order chi connectivity index (χ0) is 20.8. The lowest BCUT2D eigenvalue weighted by molar-refractivity contribution is -0.00834. The molecule has 30 heavy (non-hydrogen) atoms. The van der Waals surface area contributed by atoms with Gasteiger partial charge in [-0.1, -0.05) is 35.9 Å². The summed E-state index contributed by atoms with van der Waals surface area (Å²) in [6.45, 7) is 7.09. The number of halogens is 1. The molecular formula is C23H32IN3O3. The molecule has 1 unspecified atom stereocenters. The Kier molecular flexibility index (Phi) is 9.23. The normalized spacial score (nSPS) is 16.6. The molecule has 3 rings (SSSR count). The molecule has 0 radical (unpaired) electrons. The second-order valence-electron chi connectivity index (χ2n) is 7.22. The van der Waals surface area contributed by atoms with E-state index in [0.717, 1.165) is 36.1 Å². The molecule has 1 heterocycles. The van der Waals surface area contributed by atoms with E-state index in [9.17, 15) is 0 Å². The molecule has 1 atom stereocenters. The van der Waals surface area contributed by atoms with E-state index in [1.54, 1.807) is 14.2 Å². The zero-order valence-corrected chi connectivity index (χ0v) is 20.7. The van der Waals surface area contributed by atoms with Crippen LogP contribution in [0.15, 0.2) is 41.4 Å². The van der Waals surface area contributed by atoms with E-state index >= 15 is 0 Å². The van der Waals surface area contributed by atoms with Gasteiger partial charge in [0.25, 0.3) is 0 Å². The number of rotatable bonds is 5. The number of hydrogen-bond donors (Lipinski definition) is 1. The Hall–Kier alpha value is -2.00. The predicted octanol–water partition coefficient (Wildman–Crippen LogP) is 4.09. The van der Waals surface area contributed by atoms with Crippen molar-refractivity contribution in [3.05, 3.63) is 58.7 Å². The number of morpholine rings is 1. The quantitative estimate of drug-likeness (QED) is 0.362. The van der Waals surface area contributed by atoms with Crippen molar-refractivity contribution >= 4 is 29.9 Å². The van der Waals surface area contributed by atoms with Crippen LogP contribution in [0.4, 0.5) is 0 Å². The Balaban J connectivity index is 0.00000320. The van der Waals surface area contributed by atoms with Gasteiger partial charge in [0.2, 0.25) is 0 Å². The number of para-hydroxylation sites is 1. The fraction of sp³-hybridized carbons (Fsp3) is 0.435. The third kappa shape index (κ3) is 5.57. The molecule has 0 aliphatic carbocycles. The van der Waals surface area contributed by atoms with Crippen LogP contribution in [0.1, 0.15) is 28.4 Å². The first-order valence-corrected chi connectivity index (χ1v) is 9.91. The Morgan fingerprint density at radius 1 is 1.20 bits per heavy atom. The van der Waals surface area contributed by atoms with Crippen LogP contribution in [0.5, 0.6) is 11.5 Å². The number of nitrogens with zero attached hydrogens (tertiary/aromatic N) is 2. The lowest BCUT2D eigenvalue weighted by atomic mass is 10.00. The van der Waals surface area contributed by atoms with E-state index in [1.807, 2.05) is 25.2 Å². The summed E-state index contributed by atoms with van der Waals surface area (Å²) < 4.78 is 17.0. The zero-order valence-electron chi connectivity index (χ0n) is 18.4. The minimum absolute atomic E-state index is 0. The summed E-state index contributed by atoms with van der Waals surface area (Å²) in [4.78, 5) is 6.74. The highest BCUT2D eigenvalue weighted by molar-refractivity contribution is 14.0. The van der Waals surface area contributed by atoms with Gasteiger partial charge >= 0.3 is 0 Å². The van der Waals surface area contributed by atoms with E-state index in [2.05, 4.69) is 47.3 Å². The predicted molar refractivity (Wildman–Crippen MR) is 131 cm³/mol. The van der Waals surface area contributed by atoms with Gasteiger partial charge in [-0.05, 0) is 31.0 Å². The summed E-state index contributed by atoms with van der Waals surface area (Å²) in [6.07, 6.45) is 0.0363. The summed E-state index contributed by atoms with van der Waals surface area (Å²) >= 11 is 0. The molecule has 0 aromatic heterocycles. The fourth-order valence-electron chi connectivity index (χ4n) is 3.82. The monoisotopic (exact) mass is 525 g/mol. The van der Waals surface area contributed by atoms with Crippen molar-refractivity contribution < 1.29 is 14.2 Å². The minimum atomic E-state index is 0. The molecule has 6 nitrogen and oxygen atoms in total. The van der Waals surface area contributed by atoms with Gasteiger partial charge in [0.05, 0.1) is 27.4 Å². The van der Waals surface area contributed by atoms with Gasteiger partial charge in [0, 0.05) is 25.7 Å². The smallest absolute Gasteiger partial charge is 0.194 e. The lowest BCUT2D eigenvalue weighted by Crippen LogP contribution is -2.48. The average Bonchev–Trinajstić information content (AvgIpc) is 2.74. The standard InChI is InChI=1S/C23H31N3O3.HI/c1-16-9-10-19(17(2)13-16)21-15-26(11-12-29-21)23(24-3)25-14-18-7-6-8-20(27-4)22(18)28-5;/h6-10,13,21H,11-12,14-15H2,1-5H3,(H,24,25);1H. The number of hydrogen-bond acceptors (Lipinski definition) is 4. The molecule has 1 aliphatic heterocycles. The van der Waals surface area contributed by atoms with Gasteiger partial charge in [-0.15, -0.1) is 24.0 Å². The number of nitrogens with one attached hydrogen (secondary N) is 1. The summed E-state index contributed by atoms with van der Waals surface area (Å²) in [5, 5.41) is 3.46.